The van der Waals surface area contributed by atoms with Crippen LogP contribution >= 0.6 is 15.9 Å². The summed E-state index contributed by atoms with van der Waals surface area (Å²) in [6.07, 6.45) is 0.834. The van der Waals surface area contributed by atoms with E-state index in [1.165, 1.54) is 22.8 Å². The summed E-state index contributed by atoms with van der Waals surface area (Å²) in [5, 5.41) is 3.28. The van der Waals surface area contributed by atoms with Crippen molar-refractivity contribution in [3.05, 3.63) is 68.9 Å². The van der Waals surface area contributed by atoms with Gasteiger partial charge < -0.3 is 5.32 Å². The molecule has 1 unspecified atom stereocenters. The van der Waals surface area contributed by atoms with Crippen molar-refractivity contribution in [2.45, 2.75) is 26.3 Å². The molecule has 2 aromatic rings. The largest absolute Gasteiger partial charge is 0.313 e. The van der Waals surface area contributed by atoms with Crippen LogP contribution in [0.2, 0.25) is 0 Å². The van der Waals surface area contributed by atoms with Gasteiger partial charge in [0.25, 0.3) is 0 Å². The minimum atomic E-state index is -0.219. The molecule has 3 heteroatoms. The van der Waals surface area contributed by atoms with E-state index in [4.69, 9.17) is 0 Å². The van der Waals surface area contributed by atoms with Crippen molar-refractivity contribution in [2.75, 3.05) is 7.05 Å². The Balaban J connectivity index is 2.31. The smallest absolute Gasteiger partial charge is 0.137 e. The lowest BCUT2D eigenvalue weighted by Gasteiger charge is -2.19. The molecule has 0 saturated carbocycles. The van der Waals surface area contributed by atoms with E-state index in [2.05, 4.69) is 53.3 Å². The first-order valence-electron chi connectivity index (χ1n) is 6.69. The van der Waals surface area contributed by atoms with E-state index < -0.39 is 0 Å². The second kappa shape index (κ2) is 6.51. The topological polar surface area (TPSA) is 12.0 Å². The van der Waals surface area contributed by atoms with Crippen molar-refractivity contribution in [3.8, 4) is 0 Å². The van der Waals surface area contributed by atoms with Crippen molar-refractivity contribution in [2.24, 2.45) is 0 Å². The molecular formula is C17H19BrFN. The van der Waals surface area contributed by atoms with E-state index >= 15 is 0 Å². The number of hydrogen-bond donors (Lipinski definition) is 1. The van der Waals surface area contributed by atoms with Crippen LogP contribution in [0.3, 0.4) is 0 Å². The van der Waals surface area contributed by atoms with E-state index in [9.17, 15) is 4.39 Å². The highest BCUT2D eigenvalue weighted by Crippen LogP contribution is 2.28. The maximum absolute atomic E-state index is 13.7. The molecule has 1 N–H and O–H groups in total. The molecule has 0 aromatic heterocycles. The average Bonchev–Trinajstić information content (AvgIpc) is 2.38. The lowest BCUT2D eigenvalue weighted by molar-refractivity contribution is 0.571. The van der Waals surface area contributed by atoms with Gasteiger partial charge >= 0.3 is 0 Å². The van der Waals surface area contributed by atoms with Crippen LogP contribution in [0.25, 0.3) is 0 Å². The Morgan fingerprint density at radius 1 is 1.15 bits per heavy atom. The van der Waals surface area contributed by atoms with Gasteiger partial charge in [-0.25, -0.2) is 4.39 Å². The Bertz CT molecular complexity index is 590. The molecule has 1 nitrogen and oxygen atoms in total. The molecule has 106 valence electrons. The number of rotatable bonds is 4. The maximum Gasteiger partial charge on any atom is 0.137 e. The first-order valence-corrected chi connectivity index (χ1v) is 7.49. The quantitative estimate of drug-likeness (QED) is 0.853. The summed E-state index contributed by atoms with van der Waals surface area (Å²) >= 11 is 3.35. The van der Waals surface area contributed by atoms with Crippen LogP contribution in [-0.2, 0) is 6.42 Å². The van der Waals surface area contributed by atoms with Crippen LogP contribution < -0.4 is 5.32 Å². The summed E-state index contributed by atoms with van der Waals surface area (Å²) in [5.41, 5.74) is 4.73. The molecule has 0 amide bonds. The Morgan fingerprint density at radius 2 is 1.80 bits per heavy atom. The summed E-state index contributed by atoms with van der Waals surface area (Å²) in [4.78, 5) is 0. The van der Waals surface area contributed by atoms with E-state index in [-0.39, 0.29) is 11.9 Å². The van der Waals surface area contributed by atoms with E-state index in [0.717, 1.165) is 12.0 Å². The zero-order valence-corrected chi connectivity index (χ0v) is 13.6. The summed E-state index contributed by atoms with van der Waals surface area (Å²) in [6.45, 7) is 4.20. The first kappa shape index (κ1) is 15.2. The highest BCUT2D eigenvalue weighted by Gasteiger charge is 2.15. The molecule has 0 aliphatic carbocycles. The zero-order chi connectivity index (χ0) is 14.7. The molecule has 2 aromatic carbocycles. The minimum absolute atomic E-state index is 0.0845. The standard InChI is InChI=1S/C17H19BrFN/c1-11-7-12(2)9-13(8-11)10-16(20-3)14-5-4-6-15(19)17(14)18/h4-9,16,20H,10H2,1-3H3. The number of benzene rings is 2. The molecular weight excluding hydrogens is 317 g/mol. The third-order valence-corrected chi connectivity index (χ3v) is 4.26. The number of aryl methyl sites for hydroxylation is 2. The van der Waals surface area contributed by atoms with Gasteiger partial charge in [-0.05, 0) is 60.4 Å². The lowest BCUT2D eigenvalue weighted by Crippen LogP contribution is -2.19. The Labute approximate surface area is 128 Å². The molecule has 0 heterocycles. The van der Waals surface area contributed by atoms with Crippen molar-refractivity contribution < 1.29 is 4.39 Å². The summed E-state index contributed by atoms with van der Waals surface area (Å²) in [5.74, 6) is -0.219. The van der Waals surface area contributed by atoms with Crippen LogP contribution in [0.4, 0.5) is 4.39 Å². The highest BCUT2D eigenvalue weighted by atomic mass is 79.9. The third-order valence-electron chi connectivity index (χ3n) is 3.43. The van der Waals surface area contributed by atoms with E-state index in [0.29, 0.717) is 4.47 Å². The SMILES string of the molecule is CNC(Cc1cc(C)cc(C)c1)c1cccc(F)c1Br. The third kappa shape index (κ3) is 3.47. The first-order chi connectivity index (χ1) is 9.51. The summed E-state index contributed by atoms with van der Waals surface area (Å²) in [7, 11) is 1.91. The fraction of sp³-hybridized carbons (Fsp3) is 0.294. The molecule has 0 aliphatic heterocycles. The van der Waals surface area contributed by atoms with Crippen molar-refractivity contribution in [1.29, 1.82) is 0 Å². The minimum Gasteiger partial charge on any atom is -0.313 e. The van der Waals surface area contributed by atoms with Crippen LogP contribution in [0, 0.1) is 19.7 Å². The maximum atomic E-state index is 13.7. The van der Waals surface area contributed by atoms with Gasteiger partial charge in [-0.3, -0.25) is 0 Å². The van der Waals surface area contributed by atoms with Crippen molar-refractivity contribution >= 4 is 15.9 Å². The van der Waals surface area contributed by atoms with Crippen LogP contribution in [0.15, 0.2) is 40.9 Å². The average molecular weight is 336 g/mol. The molecule has 0 radical (unpaired) electrons. The van der Waals surface area contributed by atoms with E-state index in [1.54, 1.807) is 6.07 Å². The van der Waals surface area contributed by atoms with Crippen LogP contribution in [-0.4, -0.2) is 7.05 Å². The van der Waals surface area contributed by atoms with Gasteiger partial charge in [-0.2, -0.15) is 0 Å². The molecule has 0 fully saturated rings. The Hall–Kier alpha value is -1.19. The van der Waals surface area contributed by atoms with Gasteiger partial charge in [0.2, 0.25) is 0 Å². The normalized spacial score (nSPS) is 12.4. The van der Waals surface area contributed by atoms with Gasteiger partial charge in [-0.1, -0.05) is 41.5 Å². The van der Waals surface area contributed by atoms with Gasteiger partial charge in [-0.15, -0.1) is 0 Å². The van der Waals surface area contributed by atoms with Gasteiger partial charge in [0.1, 0.15) is 5.82 Å². The lowest BCUT2D eigenvalue weighted by atomic mass is 9.96. The Morgan fingerprint density at radius 3 is 2.40 bits per heavy atom. The van der Waals surface area contributed by atoms with Crippen molar-refractivity contribution in [1.82, 2.24) is 5.32 Å². The molecule has 0 saturated heterocycles. The molecule has 1 atom stereocenters. The number of halogens is 2. The molecule has 20 heavy (non-hydrogen) atoms. The zero-order valence-electron chi connectivity index (χ0n) is 12.0. The monoisotopic (exact) mass is 335 g/mol. The predicted octanol–water partition coefficient (Wildman–Crippen LogP) is 4.71. The van der Waals surface area contributed by atoms with Crippen molar-refractivity contribution in [3.63, 3.8) is 0 Å². The summed E-state index contributed by atoms with van der Waals surface area (Å²) in [6, 6.07) is 11.8. The van der Waals surface area contributed by atoms with Gasteiger partial charge in [0.05, 0.1) is 4.47 Å². The van der Waals surface area contributed by atoms with Gasteiger partial charge in [0.15, 0.2) is 0 Å². The van der Waals surface area contributed by atoms with Crippen LogP contribution in [0.1, 0.15) is 28.3 Å². The van der Waals surface area contributed by atoms with E-state index in [1.807, 2.05) is 13.1 Å². The highest BCUT2D eigenvalue weighted by molar-refractivity contribution is 9.10. The number of likely N-dealkylation sites (N-methyl/N-ethyl adjacent to an activating group) is 1. The molecule has 0 bridgehead atoms. The summed E-state index contributed by atoms with van der Waals surface area (Å²) < 4.78 is 14.2. The predicted molar refractivity (Wildman–Crippen MR) is 85.5 cm³/mol. The molecule has 0 spiro atoms. The second-order valence-corrected chi connectivity index (χ2v) is 5.98. The molecule has 2 rings (SSSR count). The fourth-order valence-electron chi connectivity index (χ4n) is 2.58. The fourth-order valence-corrected chi connectivity index (χ4v) is 3.12. The number of hydrogen-bond acceptors (Lipinski definition) is 1. The Kier molecular flexibility index (Phi) is 4.95. The second-order valence-electron chi connectivity index (χ2n) is 5.18. The van der Waals surface area contributed by atoms with Crippen LogP contribution in [0.5, 0.6) is 0 Å². The number of nitrogens with one attached hydrogen (secondary N) is 1. The molecule has 0 aliphatic rings. The van der Waals surface area contributed by atoms with Gasteiger partial charge in [0, 0.05) is 6.04 Å².